The van der Waals surface area contributed by atoms with Crippen LogP contribution in [0.4, 0.5) is 4.39 Å². The van der Waals surface area contributed by atoms with Crippen molar-refractivity contribution in [3.8, 4) is 23.0 Å². The number of carbonyl (C=O) groups excluding carboxylic acids is 1. The molecule has 0 aromatic heterocycles. The van der Waals surface area contributed by atoms with Gasteiger partial charge in [0.15, 0.2) is 17.6 Å². The van der Waals surface area contributed by atoms with Crippen LogP contribution in [0.3, 0.4) is 0 Å². The van der Waals surface area contributed by atoms with E-state index in [0.29, 0.717) is 23.0 Å². The minimum Gasteiger partial charge on any atom is -0.479 e. The highest BCUT2D eigenvalue weighted by atomic mass is 19.1. The van der Waals surface area contributed by atoms with Crippen molar-refractivity contribution in [1.82, 2.24) is 0 Å². The molecule has 1 aliphatic rings. The summed E-state index contributed by atoms with van der Waals surface area (Å²) in [6.07, 6.45) is -0.837. The van der Waals surface area contributed by atoms with Crippen molar-refractivity contribution in [2.24, 2.45) is 0 Å². The van der Waals surface area contributed by atoms with E-state index >= 15 is 0 Å². The molecule has 1 heterocycles. The molecule has 2 aromatic rings. The highest BCUT2D eigenvalue weighted by Gasteiger charge is 2.20. The average molecular weight is 304 g/mol. The second-order valence-corrected chi connectivity index (χ2v) is 4.65. The first-order chi connectivity index (χ1) is 10.6. The minimum atomic E-state index is -0.837. The predicted molar refractivity (Wildman–Crippen MR) is 74.7 cm³/mol. The van der Waals surface area contributed by atoms with E-state index in [0.717, 1.165) is 0 Å². The number of ether oxygens (including phenoxy) is 4. The molecule has 5 nitrogen and oxygen atoms in total. The Morgan fingerprint density at radius 3 is 2.55 bits per heavy atom. The Bertz CT molecular complexity index is 683. The zero-order valence-electron chi connectivity index (χ0n) is 11.7. The fraction of sp³-hybridized carbons (Fsp3) is 0.188. The maximum atomic E-state index is 12.8. The molecule has 6 heteroatoms. The van der Waals surface area contributed by atoms with Crippen molar-refractivity contribution in [3.05, 3.63) is 48.3 Å². The molecule has 0 radical (unpaired) electrons. The molecule has 0 aliphatic carbocycles. The molecule has 2 aromatic carbocycles. The van der Waals surface area contributed by atoms with Crippen LogP contribution in [0.25, 0.3) is 0 Å². The van der Waals surface area contributed by atoms with Crippen LogP contribution in [0.5, 0.6) is 23.0 Å². The van der Waals surface area contributed by atoms with Crippen molar-refractivity contribution in [2.45, 2.75) is 13.0 Å². The standard InChI is InChI=1S/C16H13FO5/c1-10(21-12-4-2-11(17)3-5-12)16(18)22-13-6-7-14-15(8-13)20-9-19-14/h2-8,10H,9H2,1H3/t10-/m0/s1. The number of hydrogen-bond acceptors (Lipinski definition) is 5. The van der Waals surface area contributed by atoms with Gasteiger partial charge >= 0.3 is 5.97 Å². The van der Waals surface area contributed by atoms with Crippen molar-refractivity contribution in [2.75, 3.05) is 6.79 Å². The Morgan fingerprint density at radius 1 is 1.09 bits per heavy atom. The van der Waals surface area contributed by atoms with E-state index < -0.39 is 12.1 Å². The number of esters is 1. The summed E-state index contributed by atoms with van der Waals surface area (Å²) in [5.41, 5.74) is 0. The van der Waals surface area contributed by atoms with E-state index in [-0.39, 0.29) is 12.6 Å². The van der Waals surface area contributed by atoms with E-state index in [1.807, 2.05) is 0 Å². The number of halogens is 1. The van der Waals surface area contributed by atoms with Crippen LogP contribution in [0.15, 0.2) is 42.5 Å². The minimum absolute atomic E-state index is 0.150. The van der Waals surface area contributed by atoms with Crippen LogP contribution in [0.2, 0.25) is 0 Å². The third-order valence-corrected chi connectivity index (χ3v) is 3.02. The smallest absolute Gasteiger partial charge is 0.352 e. The lowest BCUT2D eigenvalue weighted by molar-refractivity contribution is -0.141. The summed E-state index contributed by atoms with van der Waals surface area (Å²) in [5.74, 6) is 0.916. The van der Waals surface area contributed by atoms with E-state index in [2.05, 4.69) is 0 Å². The van der Waals surface area contributed by atoms with Gasteiger partial charge in [0.2, 0.25) is 6.79 Å². The Morgan fingerprint density at radius 2 is 1.77 bits per heavy atom. The molecule has 0 saturated carbocycles. The summed E-state index contributed by atoms with van der Waals surface area (Å²) in [4.78, 5) is 12.0. The van der Waals surface area contributed by atoms with Gasteiger partial charge in [0, 0.05) is 6.07 Å². The van der Waals surface area contributed by atoms with Gasteiger partial charge in [0.25, 0.3) is 0 Å². The number of carbonyl (C=O) groups is 1. The van der Waals surface area contributed by atoms with Gasteiger partial charge in [-0.2, -0.15) is 0 Å². The predicted octanol–water partition coefficient (Wildman–Crippen LogP) is 2.93. The zero-order chi connectivity index (χ0) is 15.5. The van der Waals surface area contributed by atoms with Crippen molar-refractivity contribution < 1.29 is 28.1 Å². The zero-order valence-corrected chi connectivity index (χ0v) is 11.7. The first-order valence-corrected chi connectivity index (χ1v) is 6.65. The van der Waals surface area contributed by atoms with Crippen LogP contribution in [-0.2, 0) is 4.79 Å². The molecule has 0 saturated heterocycles. The Kier molecular flexibility index (Phi) is 3.82. The number of rotatable bonds is 4. The van der Waals surface area contributed by atoms with Crippen molar-refractivity contribution in [3.63, 3.8) is 0 Å². The molecular formula is C16H13FO5. The summed E-state index contributed by atoms with van der Waals surface area (Å²) < 4.78 is 33.8. The van der Waals surface area contributed by atoms with Gasteiger partial charge in [-0.3, -0.25) is 0 Å². The summed E-state index contributed by atoms with van der Waals surface area (Å²) in [7, 11) is 0. The SMILES string of the molecule is C[C@H](Oc1ccc(F)cc1)C(=O)Oc1ccc2c(c1)OCO2. The van der Waals surface area contributed by atoms with E-state index in [1.165, 1.54) is 24.3 Å². The lowest BCUT2D eigenvalue weighted by Crippen LogP contribution is -2.28. The fourth-order valence-corrected chi connectivity index (χ4v) is 1.90. The van der Waals surface area contributed by atoms with Gasteiger partial charge < -0.3 is 18.9 Å². The fourth-order valence-electron chi connectivity index (χ4n) is 1.90. The summed E-state index contributed by atoms with van der Waals surface area (Å²) in [6.45, 7) is 1.70. The molecule has 3 rings (SSSR count). The largest absolute Gasteiger partial charge is 0.479 e. The normalized spacial score (nSPS) is 13.5. The van der Waals surface area contributed by atoms with E-state index in [9.17, 15) is 9.18 Å². The molecule has 0 unspecified atom stereocenters. The molecule has 0 fully saturated rings. The van der Waals surface area contributed by atoms with Crippen LogP contribution < -0.4 is 18.9 Å². The molecule has 1 atom stereocenters. The molecule has 1 aliphatic heterocycles. The van der Waals surface area contributed by atoms with Crippen molar-refractivity contribution in [1.29, 1.82) is 0 Å². The number of hydrogen-bond donors (Lipinski definition) is 0. The van der Waals surface area contributed by atoms with Crippen LogP contribution in [0, 0.1) is 5.82 Å². The number of benzene rings is 2. The van der Waals surface area contributed by atoms with Gasteiger partial charge in [-0.1, -0.05) is 0 Å². The monoisotopic (exact) mass is 304 g/mol. The highest BCUT2D eigenvalue weighted by Crippen LogP contribution is 2.35. The highest BCUT2D eigenvalue weighted by molar-refractivity contribution is 5.77. The lowest BCUT2D eigenvalue weighted by atomic mass is 10.3. The Balaban J connectivity index is 1.62. The Hall–Kier alpha value is -2.76. The molecule has 0 spiro atoms. The molecule has 0 bridgehead atoms. The van der Waals surface area contributed by atoms with Gasteiger partial charge in [-0.15, -0.1) is 0 Å². The quantitative estimate of drug-likeness (QED) is 0.642. The second-order valence-electron chi connectivity index (χ2n) is 4.65. The third-order valence-electron chi connectivity index (χ3n) is 3.02. The first-order valence-electron chi connectivity index (χ1n) is 6.65. The maximum absolute atomic E-state index is 12.8. The van der Waals surface area contributed by atoms with Gasteiger partial charge in [0.05, 0.1) is 0 Å². The molecule has 22 heavy (non-hydrogen) atoms. The van der Waals surface area contributed by atoms with Crippen LogP contribution in [0.1, 0.15) is 6.92 Å². The summed E-state index contributed by atoms with van der Waals surface area (Å²) in [5, 5.41) is 0. The van der Waals surface area contributed by atoms with Gasteiger partial charge in [-0.25, -0.2) is 9.18 Å². The second kappa shape index (κ2) is 5.93. The van der Waals surface area contributed by atoms with E-state index in [4.69, 9.17) is 18.9 Å². The molecular weight excluding hydrogens is 291 g/mol. The summed E-state index contributed by atoms with van der Waals surface area (Å²) in [6, 6.07) is 10.2. The summed E-state index contributed by atoms with van der Waals surface area (Å²) >= 11 is 0. The van der Waals surface area contributed by atoms with Gasteiger partial charge in [-0.05, 0) is 43.3 Å². The number of fused-ring (bicyclic) bond motifs is 1. The van der Waals surface area contributed by atoms with E-state index in [1.54, 1.807) is 25.1 Å². The first kappa shape index (κ1) is 14.2. The van der Waals surface area contributed by atoms with Gasteiger partial charge in [0.1, 0.15) is 17.3 Å². The van der Waals surface area contributed by atoms with Crippen LogP contribution in [-0.4, -0.2) is 18.9 Å². The maximum Gasteiger partial charge on any atom is 0.352 e. The van der Waals surface area contributed by atoms with Crippen LogP contribution >= 0.6 is 0 Å². The molecule has 114 valence electrons. The molecule has 0 amide bonds. The average Bonchev–Trinajstić information content (AvgIpc) is 2.97. The lowest BCUT2D eigenvalue weighted by Gasteiger charge is -2.14. The topological polar surface area (TPSA) is 54.0 Å². The van der Waals surface area contributed by atoms with Crippen molar-refractivity contribution >= 4 is 5.97 Å². The third kappa shape index (κ3) is 3.11. The Labute approximate surface area is 126 Å². The molecule has 0 N–H and O–H groups in total.